The third kappa shape index (κ3) is 2.28. The van der Waals surface area contributed by atoms with Crippen molar-refractivity contribution in [3.05, 3.63) is 0 Å². The summed E-state index contributed by atoms with van der Waals surface area (Å²) < 4.78 is 0. The van der Waals surface area contributed by atoms with Gasteiger partial charge in [0.15, 0.2) is 0 Å². The predicted molar refractivity (Wildman–Crippen MR) is 72.7 cm³/mol. The van der Waals surface area contributed by atoms with Gasteiger partial charge in [0.05, 0.1) is 0 Å². The van der Waals surface area contributed by atoms with Crippen molar-refractivity contribution < 1.29 is 4.79 Å². The van der Waals surface area contributed by atoms with Crippen LogP contribution in [-0.4, -0.2) is 21.0 Å². The van der Waals surface area contributed by atoms with Crippen LogP contribution in [0.1, 0.15) is 32.6 Å². The second-order valence-corrected chi connectivity index (χ2v) is 24.2. The Kier molecular flexibility index (Phi) is 3.37. The number of hydrogen-bond acceptors (Lipinski definition) is 1. The Bertz CT molecular complexity index is 265. The molecule has 1 nitrogen and oxygen atoms in total. The molecule has 1 unspecified atom stereocenters. The van der Waals surface area contributed by atoms with E-state index in [0.29, 0.717) is 10.8 Å². The maximum atomic E-state index is 11.7. The first-order chi connectivity index (χ1) is 6.60. The molecule has 0 aromatic heterocycles. The van der Waals surface area contributed by atoms with Crippen molar-refractivity contribution in [3.8, 4) is 0 Å². The topological polar surface area (TPSA) is 17.1 Å². The molecule has 0 N–H and O–H groups in total. The lowest BCUT2D eigenvalue weighted by molar-refractivity contribution is -0.121. The van der Waals surface area contributed by atoms with Gasteiger partial charge >= 0.3 is 0 Å². The van der Waals surface area contributed by atoms with E-state index in [1.165, 1.54) is 6.42 Å². The van der Waals surface area contributed by atoms with E-state index < -0.39 is 15.2 Å². The summed E-state index contributed by atoms with van der Waals surface area (Å²) in [4.78, 5) is 11.7. The number of Topliss-reactive ketones (excluding diaryl/α,β-unsaturated/α-hetero) is 1. The van der Waals surface area contributed by atoms with Crippen LogP contribution in [0, 0.1) is 0 Å². The van der Waals surface area contributed by atoms with Crippen LogP contribution >= 0.6 is 0 Å². The molecule has 0 aromatic carbocycles. The standard InChI is InChI=1S/C12H26OSi2/c1-12(9-7-8-11(13)10-12)15(5,6)14(2,3)4/h7-10H2,1-6H3. The largest absolute Gasteiger partial charge is 0.300 e. The Balaban J connectivity index is 2.98. The molecule has 1 saturated carbocycles. The van der Waals surface area contributed by atoms with Crippen LogP contribution in [0.4, 0.5) is 0 Å². The van der Waals surface area contributed by atoms with Gasteiger partial charge in [-0.1, -0.05) is 39.7 Å². The summed E-state index contributed by atoms with van der Waals surface area (Å²) >= 11 is 0. The van der Waals surface area contributed by atoms with E-state index >= 15 is 0 Å². The van der Waals surface area contributed by atoms with Gasteiger partial charge in [-0.25, -0.2) is 0 Å². The van der Waals surface area contributed by atoms with E-state index in [-0.39, 0.29) is 0 Å². The van der Waals surface area contributed by atoms with Crippen molar-refractivity contribution in [1.29, 1.82) is 0 Å². The molecule has 15 heavy (non-hydrogen) atoms. The minimum Gasteiger partial charge on any atom is -0.300 e. The molecular formula is C12H26OSi2. The molecule has 0 aliphatic heterocycles. The summed E-state index contributed by atoms with van der Waals surface area (Å²) in [5.41, 5.74) is 0. The highest BCUT2D eigenvalue weighted by molar-refractivity contribution is 7.41. The van der Waals surface area contributed by atoms with Crippen molar-refractivity contribution in [2.24, 2.45) is 0 Å². The average molecular weight is 243 g/mol. The third-order valence-corrected chi connectivity index (χ3v) is 25.4. The summed E-state index contributed by atoms with van der Waals surface area (Å²) in [7, 11) is -2.34. The number of carbonyl (C=O) groups excluding carboxylic acids is 1. The van der Waals surface area contributed by atoms with Gasteiger partial charge in [0.25, 0.3) is 0 Å². The smallest absolute Gasteiger partial charge is 0.133 e. The van der Waals surface area contributed by atoms with Crippen LogP contribution in [0.5, 0.6) is 0 Å². The number of carbonyl (C=O) groups is 1. The maximum Gasteiger partial charge on any atom is 0.133 e. The van der Waals surface area contributed by atoms with Crippen LogP contribution in [0.3, 0.4) is 0 Å². The van der Waals surface area contributed by atoms with Crippen LogP contribution < -0.4 is 0 Å². The van der Waals surface area contributed by atoms with Crippen molar-refractivity contribution in [3.63, 3.8) is 0 Å². The Morgan fingerprint density at radius 1 is 1.13 bits per heavy atom. The first-order valence-electron chi connectivity index (χ1n) is 6.12. The predicted octanol–water partition coefficient (Wildman–Crippen LogP) is 4.01. The zero-order valence-corrected chi connectivity index (χ0v) is 13.2. The van der Waals surface area contributed by atoms with Crippen LogP contribution in [-0.2, 0) is 4.79 Å². The molecule has 1 aliphatic rings. The van der Waals surface area contributed by atoms with E-state index in [9.17, 15) is 4.79 Å². The molecule has 0 spiro atoms. The van der Waals surface area contributed by atoms with Gasteiger partial charge in [0.2, 0.25) is 0 Å². The highest BCUT2D eigenvalue weighted by atomic mass is 29.3. The third-order valence-electron chi connectivity index (χ3n) is 5.16. The first-order valence-corrected chi connectivity index (χ1v) is 13.6. The molecule has 0 radical (unpaired) electrons. The molecule has 1 fully saturated rings. The zero-order chi connectivity index (χ0) is 11.9. The van der Waals surface area contributed by atoms with E-state index in [2.05, 4.69) is 39.7 Å². The lowest BCUT2D eigenvalue weighted by atomic mass is 9.89. The maximum absolute atomic E-state index is 11.7. The fourth-order valence-corrected chi connectivity index (χ4v) is 12.1. The molecule has 3 heteroatoms. The van der Waals surface area contributed by atoms with E-state index in [1.807, 2.05) is 0 Å². The normalized spacial score (nSPS) is 29.3. The van der Waals surface area contributed by atoms with Crippen LogP contribution in [0.15, 0.2) is 0 Å². The van der Waals surface area contributed by atoms with E-state index in [4.69, 9.17) is 0 Å². The van der Waals surface area contributed by atoms with Gasteiger partial charge in [0, 0.05) is 28.0 Å². The molecular weight excluding hydrogens is 216 g/mol. The summed E-state index contributed by atoms with van der Waals surface area (Å²) in [6, 6.07) is 0. The van der Waals surface area contributed by atoms with Crippen LogP contribution in [0.2, 0.25) is 37.8 Å². The Morgan fingerprint density at radius 3 is 2.07 bits per heavy atom. The van der Waals surface area contributed by atoms with E-state index in [0.717, 1.165) is 19.3 Å². The van der Waals surface area contributed by atoms with Crippen molar-refractivity contribution >= 4 is 21.0 Å². The van der Waals surface area contributed by atoms with Gasteiger partial charge in [-0.3, -0.25) is 4.79 Å². The molecule has 0 bridgehead atoms. The summed E-state index contributed by atoms with van der Waals surface area (Å²) in [5, 5.41) is 0.382. The monoisotopic (exact) mass is 242 g/mol. The van der Waals surface area contributed by atoms with Crippen molar-refractivity contribution in [2.45, 2.75) is 70.4 Å². The summed E-state index contributed by atoms with van der Waals surface area (Å²) in [5.74, 6) is 0.516. The molecule has 88 valence electrons. The minimum absolute atomic E-state index is 0.382. The molecule has 0 saturated heterocycles. The van der Waals surface area contributed by atoms with Gasteiger partial charge in [-0.05, 0) is 17.9 Å². The Morgan fingerprint density at radius 2 is 1.67 bits per heavy atom. The zero-order valence-electron chi connectivity index (χ0n) is 11.2. The lowest BCUT2D eigenvalue weighted by Gasteiger charge is -2.51. The average Bonchev–Trinajstić information content (AvgIpc) is 2.01. The van der Waals surface area contributed by atoms with Gasteiger partial charge in [0.1, 0.15) is 5.78 Å². The molecule has 1 atom stereocenters. The van der Waals surface area contributed by atoms with Crippen LogP contribution in [0.25, 0.3) is 0 Å². The molecule has 0 amide bonds. The fraction of sp³-hybridized carbons (Fsp3) is 0.917. The van der Waals surface area contributed by atoms with Crippen molar-refractivity contribution in [2.75, 3.05) is 0 Å². The summed E-state index contributed by atoms with van der Waals surface area (Å²) in [6.45, 7) is 14.9. The second kappa shape index (κ2) is 3.84. The highest BCUT2D eigenvalue weighted by Crippen LogP contribution is 2.51. The lowest BCUT2D eigenvalue weighted by Crippen LogP contribution is -2.60. The first kappa shape index (κ1) is 13.2. The highest BCUT2D eigenvalue weighted by Gasteiger charge is 2.52. The molecule has 0 heterocycles. The SMILES string of the molecule is CC1([Si](C)(C)[Si](C)(C)C)CCCC(=O)C1. The second-order valence-electron chi connectivity index (χ2n) is 7.00. The quantitative estimate of drug-likeness (QED) is 0.669. The Hall–Kier alpha value is 0.104. The minimum atomic E-state index is -1.25. The number of ketones is 1. The fourth-order valence-electron chi connectivity index (χ4n) is 2.73. The van der Waals surface area contributed by atoms with E-state index in [1.54, 1.807) is 0 Å². The summed E-state index contributed by atoms with van der Waals surface area (Å²) in [6.07, 6.45) is 4.14. The Labute approximate surface area is 96.5 Å². The van der Waals surface area contributed by atoms with Gasteiger partial charge in [-0.2, -0.15) is 0 Å². The molecule has 1 aliphatic carbocycles. The van der Waals surface area contributed by atoms with Crippen molar-refractivity contribution in [1.82, 2.24) is 0 Å². The molecule has 1 rings (SSSR count). The number of rotatable bonds is 2. The number of hydrogen-bond donors (Lipinski definition) is 0. The van der Waals surface area contributed by atoms with Gasteiger partial charge in [-0.15, -0.1) is 0 Å². The van der Waals surface area contributed by atoms with Gasteiger partial charge < -0.3 is 0 Å². The molecule has 0 aromatic rings.